The summed E-state index contributed by atoms with van der Waals surface area (Å²) in [6.45, 7) is 0. The summed E-state index contributed by atoms with van der Waals surface area (Å²) in [7, 11) is 0. The van der Waals surface area contributed by atoms with Crippen molar-refractivity contribution in [1.29, 1.82) is 0 Å². The molecule has 3 aromatic heterocycles. The van der Waals surface area contributed by atoms with Crippen LogP contribution in [0.2, 0.25) is 0 Å². The summed E-state index contributed by atoms with van der Waals surface area (Å²) in [6, 6.07) is 47.3. The van der Waals surface area contributed by atoms with Gasteiger partial charge in [-0.3, -0.25) is 4.98 Å². The Balaban J connectivity index is 1.57. The molecule has 0 fully saturated rings. The molecule has 3 heteroatoms. The normalized spacial score (nSPS) is 11.7. The smallest absolute Gasteiger partial charge is 0.0970 e. The quantitative estimate of drug-likeness (QED) is 0.245. The Morgan fingerprint density at radius 1 is 0.395 bits per heavy atom. The van der Waals surface area contributed by atoms with Gasteiger partial charge < -0.3 is 9.13 Å². The van der Waals surface area contributed by atoms with Gasteiger partial charge in [0.1, 0.15) is 0 Å². The third kappa shape index (κ3) is 2.93. The van der Waals surface area contributed by atoms with E-state index in [1.165, 1.54) is 38.1 Å². The molecule has 0 saturated carbocycles. The van der Waals surface area contributed by atoms with Gasteiger partial charge in [0.25, 0.3) is 0 Å². The first-order valence-electron chi connectivity index (χ1n) is 12.9. The summed E-state index contributed by atoms with van der Waals surface area (Å²) >= 11 is 0. The highest BCUT2D eigenvalue weighted by molar-refractivity contribution is 6.18. The second kappa shape index (κ2) is 8.19. The lowest BCUT2D eigenvalue weighted by Crippen LogP contribution is -1.99. The van der Waals surface area contributed by atoms with Crippen molar-refractivity contribution in [2.45, 2.75) is 0 Å². The summed E-state index contributed by atoms with van der Waals surface area (Å²) < 4.78 is 4.75. The summed E-state index contributed by atoms with van der Waals surface area (Å²) in [4.78, 5) is 5.08. The number of aromatic nitrogens is 3. The molecule has 0 radical (unpaired) electrons. The molecule has 3 heterocycles. The molecule has 38 heavy (non-hydrogen) atoms. The van der Waals surface area contributed by atoms with E-state index < -0.39 is 0 Å². The number of para-hydroxylation sites is 5. The zero-order chi connectivity index (χ0) is 25.1. The molecule has 8 rings (SSSR count). The molecule has 0 unspecified atom stereocenters. The lowest BCUT2D eigenvalue weighted by atomic mass is 10.0. The third-order valence-electron chi connectivity index (χ3n) is 7.56. The highest BCUT2D eigenvalue weighted by atomic mass is 15.0. The molecule has 0 atom stereocenters. The van der Waals surface area contributed by atoms with Crippen molar-refractivity contribution in [3.05, 3.63) is 140 Å². The van der Waals surface area contributed by atoms with Gasteiger partial charge in [0.2, 0.25) is 0 Å². The molecule has 0 bridgehead atoms. The largest absolute Gasteiger partial charge is 0.309 e. The number of benzene rings is 5. The first-order chi connectivity index (χ1) is 18.9. The van der Waals surface area contributed by atoms with Crippen LogP contribution in [-0.2, 0) is 0 Å². The molecule has 0 saturated heterocycles. The van der Waals surface area contributed by atoms with Crippen LogP contribution in [0.25, 0.3) is 66.2 Å². The summed E-state index contributed by atoms with van der Waals surface area (Å²) in [6.07, 6.45) is 1.95. The Kier molecular flexibility index (Phi) is 4.52. The van der Waals surface area contributed by atoms with Crippen LogP contribution in [0.5, 0.6) is 0 Å². The van der Waals surface area contributed by atoms with Gasteiger partial charge >= 0.3 is 0 Å². The zero-order valence-electron chi connectivity index (χ0n) is 20.6. The van der Waals surface area contributed by atoms with Crippen molar-refractivity contribution < 1.29 is 0 Å². The van der Waals surface area contributed by atoms with Crippen molar-refractivity contribution in [3.8, 4) is 22.6 Å². The van der Waals surface area contributed by atoms with E-state index in [0.29, 0.717) is 0 Å². The van der Waals surface area contributed by atoms with E-state index in [4.69, 9.17) is 4.98 Å². The van der Waals surface area contributed by atoms with E-state index in [1.807, 2.05) is 6.20 Å². The van der Waals surface area contributed by atoms with Crippen LogP contribution in [0.1, 0.15) is 0 Å². The molecular formula is C35H23N3. The van der Waals surface area contributed by atoms with Gasteiger partial charge in [0.05, 0.1) is 27.8 Å². The molecule has 0 N–H and O–H groups in total. The predicted molar refractivity (Wildman–Crippen MR) is 158 cm³/mol. The number of fused-ring (bicyclic) bond motifs is 6. The Hall–Kier alpha value is -5.15. The van der Waals surface area contributed by atoms with Crippen molar-refractivity contribution in [1.82, 2.24) is 14.1 Å². The molecule has 5 aromatic carbocycles. The molecule has 178 valence electrons. The lowest BCUT2D eigenvalue weighted by molar-refractivity contribution is 1.16. The Labute approximate surface area is 219 Å². The Morgan fingerprint density at radius 3 is 1.53 bits per heavy atom. The first-order valence-corrected chi connectivity index (χ1v) is 12.9. The second-order valence-electron chi connectivity index (χ2n) is 9.63. The number of hydrogen-bond donors (Lipinski definition) is 0. The van der Waals surface area contributed by atoms with E-state index in [1.54, 1.807) is 0 Å². The molecule has 0 amide bonds. The van der Waals surface area contributed by atoms with Crippen LogP contribution >= 0.6 is 0 Å². The maximum absolute atomic E-state index is 5.08. The Morgan fingerprint density at radius 2 is 0.895 bits per heavy atom. The molecular weight excluding hydrogens is 462 g/mol. The first kappa shape index (κ1) is 21.0. The van der Waals surface area contributed by atoms with E-state index in [9.17, 15) is 0 Å². The number of pyridine rings is 1. The SMILES string of the molecule is c1ccc(-n2c3ccccc3c3cccc(-c4nccc5c6ccccc6n(-c6ccccc6)c45)c32)cc1. The van der Waals surface area contributed by atoms with Gasteiger partial charge in [-0.05, 0) is 42.5 Å². The van der Waals surface area contributed by atoms with Crippen LogP contribution in [0.3, 0.4) is 0 Å². The summed E-state index contributed by atoms with van der Waals surface area (Å²) in [5.74, 6) is 0. The van der Waals surface area contributed by atoms with Gasteiger partial charge in [-0.1, -0.05) is 91.0 Å². The van der Waals surface area contributed by atoms with Gasteiger partial charge in [-0.15, -0.1) is 0 Å². The molecule has 0 aliphatic rings. The summed E-state index contributed by atoms with van der Waals surface area (Å²) in [5, 5.41) is 4.90. The van der Waals surface area contributed by atoms with E-state index in [-0.39, 0.29) is 0 Å². The van der Waals surface area contributed by atoms with Gasteiger partial charge in [0, 0.05) is 44.7 Å². The fourth-order valence-corrected chi connectivity index (χ4v) is 6.01. The third-order valence-corrected chi connectivity index (χ3v) is 7.56. The molecule has 0 spiro atoms. The second-order valence-corrected chi connectivity index (χ2v) is 9.63. The molecule has 0 aliphatic heterocycles. The lowest BCUT2D eigenvalue weighted by Gasteiger charge is -2.14. The van der Waals surface area contributed by atoms with Crippen molar-refractivity contribution in [3.63, 3.8) is 0 Å². The monoisotopic (exact) mass is 485 g/mol. The highest BCUT2D eigenvalue weighted by Gasteiger charge is 2.21. The molecule has 8 aromatic rings. The number of rotatable bonds is 3. The average Bonchev–Trinajstić information content (AvgIpc) is 3.51. The average molecular weight is 486 g/mol. The van der Waals surface area contributed by atoms with Crippen LogP contribution in [-0.4, -0.2) is 14.1 Å². The fourth-order valence-electron chi connectivity index (χ4n) is 6.01. The van der Waals surface area contributed by atoms with E-state index >= 15 is 0 Å². The van der Waals surface area contributed by atoms with Crippen LogP contribution in [0.15, 0.2) is 140 Å². The number of nitrogens with zero attached hydrogens (tertiary/aromatic N) is 3. The van der Waals surface area contributed by atoms with Gasteiger partial charge in [-0.2, -0.15) is 0 Å². The van der Waals surface area contributed by atoms with Crippen LogP contribution in [0, 0.1) is 0 Å². The maximum atomic E-state index is 5.08. The fraction of sp³-hybridized carbons (Fsp3) is 0. The van der Waals surface area contributed by atoms with Crippen molar-refractivity contribution >= 4 is 43.6 Å². The maximum Gasteiger partial charge on any atom is 0.0970 e. The topological polar surface area (TPSA) is 22.8 Å². The predicted octanol–water partition coefficient (Wildman–Crippen LogP) is 8.94. The number of hydrogen-bond acceptors (Lipinski definition) is 1. The standard InChI is InChI=1S/C35H23N3/c1-3-12-24(13-4-1)37-31-20-9-7-16-26(31)28-18-11-19-30(34(28)37)33-35-29(22-23-36-33)27-17-8-10-21-32(27)38(35)25-14-5-2-6-15-25/h1-23H. The highest BCUT2D eigenvalue weighted by Crippen LogP contribution is 2.42. The van der Waals surface area contributed by atoms with Crippen LogP contribution < -0.4 is 0 Å². The van der Waals surface area contributed by atoms with E-state index in [2.05, 4.69) is 143 Å². The van der Waals surface area contributed by atoms with Crippen molar-refractivity contribution in [2.75, 3.05) is 0 Å². The molecule has 3 nitrogen and oxygen atoms in total. The van der Waals surface area contributed by atoms with Crippen molar-refractivity contribution in [2.24, 2.45) is 0 Å². The zero-order valence-corrected chi connectivity index (χ0v) is 20.6. The van der Waals surface area contributed by atoms with Gasteiger partial charge in [-0.25, -0.2) is 0 Å². The molecule has 0 aliphatic carbocycles. The minimum absolute atomic E-state index is 0.980. The summed E-state index contributed by atoms with van der Waals surface area (Å²) in [5.41, 5.74) is 9.03. The Bertz CT molecular complexity index is 1960. The van der Waals surface area contributed by atoms with E-state index in [0.717, 1.165) is 28.1 Å². The van der Waals surface area contributed by atoms with Crippen LogP contribution in [0.4, 0.5) is 0 Å². The van der Waals surface area contributed by atoms with Gasteiger partial charge in [0.15, 0.2) is 0 Å². The minimum atomic E-state index is 0.980. The minimum Gasteiger partial charge on any atom is -0.309 e.